The number of hydrogen-bond donors (Lipinski definition) is 0. The molecular weight excluding hydrogens is 300 g/mol. The first-order chi connectivity index (χ1) is 10.2. The van der Waals surface area contributed by atoms with Crippen molar-refractivity contribution in [2.45, 2.75) is 31.1 Å². The molecule has 0 unspecified atom stereocenters. The van der Waals surface area contributed by atoms with E-state index in [9.17, 15) is 13.2 Å². The molecule has 5 nitrogen and oxygen atoms in total. The molecule has 0 aromatic heterocycles. The van der Waals surface area contributed by atoms with E-state index in [1.807, 2.05) is 6.07 Å². The van der Waals surface area contributed by atoms with Crippen LogP contribution in [0, 0.1) is 0 Å². The maximum absolute atomic E-state index is 12.2. The van der Waals surface area contributed by atoms with Crippen LogP contribution in [0.2, 0.25) is 0 Å². The summed E-state index contributed by atoms with van der Waals surface area (Å²) in [4.78, 5) is 13.8. The van der Waals surface area contributed by atoms with Crippen LogP contribution in [-0.2, 0) is 15.4 Å². The van der Waals surface area contributed by atoms with Gasteiger partial charge < -0.3 is 4.90 Å². The molecular formula is C16H22N2O3S. The van der Waals surface area contributed by atoms with Crippen molar-refractivity contribution in [1.82, 2.24) is 4.90 Å². The van der Waals surface area contributed by atoms with E-state index in [4.69, 9.17) is 0 Å². The van der Waals surface area contributed by atoms with Gasteiger partial charge in [0.25, 0.3) is 5.91 Å². The number of carbonyl (C=O) groups excluding carboxylic acids is 1. The zero-order valence-electron chi connectivity index (χ0n) is 13.3. The van der Waals surface area contributed by atoms with Crippen LogP contribution >= 0.6 is 0 Å². The normalized spacial score (nSPS) is 19.5. The maximum Gasteiger partial charge on any atom is 0.253 e. The Morgan fingerprint density at radius 3 is 2.41 bits per heavy atom. The Morgan fingerprint density at radius 2 is 1.86 bits per heavy atom. The second-order valence-corrected chi connectivity index (χ2v) is 8.60. The summed E-state index contributed by atoms with van der Waals surface area (Å²) in [6.45, 7) is 0.515. The number of fused-ring (bicyclic) bond motifs is 2. The van der Waals surface area contributed by atoms with Gasteiger partial charge in [0.05, 0.1) is 11.9 Å². The largest absolute Gasteiger partial charge is 0.345 e. The van der Waals surface area contributed by atoms with Crippen molar-refractivity contribution < 1.29 is 13.2 Å². The Hall–Kier alpha value is -1.56. The smallest absolute Gasteiger partial charge is 0.253 e. The number of amides is 1. The lowest BCUT2D eigenvalue weighted by Crippen LogP contribution is -2.34. The fourth-order valence-corrected chi connectivity index (χ4v) is 4.79. The van der Waals surface area contributed by atoms with E-state index < -0.39 is 10.0 Å². The third-order valence-corrected chi connectivity index (χ3v) is 6.02. The van der Waals surface area contributed by atoms with Gasteiger partial charge in [0.15, 0.2) is 0 Å². The predicted octanol–water partition coefficient (Wildman–Crippen LogP) is 1.98. The molecule has 1 spiro atoms. The lowest BCUT2D eigenvalue weighted by Gasteiger charge is -2.24. The zero-order chi connectivity index (χ0) is 16.1. The molecule has 0 atom stereocenters. The van der Waals surface area contributed by atoms with Crippen molar-refractivity contribution >= 4 is 21.6 Å². The van der Waals surface area contributed by atoms with Gasteiger partial charge in [0.2, 0.25) is 10.0 Å². The summed E-state index contributed by atoms with van der Waals surface area (Å²) >= 11 is 0. The summed E-state index contributed by atoms with van der Waals surface area (Å²) in [6.07, 6.45) is 5.46. The molecule has 1 amide bonds. The Morgan fingerprint density at radius 1 is 1.23 bits per heavy atom. The zero-order valence-corrected chi connectivity index (χ0v) is 14.1. The van der Waals surface area contributed by atoms with E-state index >= 15 is 0 Å². The van der Waals surface area contributed by atoms with Crippen molar-refractivity contribution in [3.8, 4) is 0 Å². The standard InChI is InChI=1S/C16H22N2O3S/c1-17(2)15(19)12-6-7-14-13(10-12)16(8-4-5-9-16)11-18(14)22(3,20)21/h6-7,10H,4-5,8-9,11H2,1-3H3. The number of nitrogens with zero attached hydrogens (tertiary/aromatic N) is 2. The van der Waals surface area contributed by atoms with Gasteiger partial charge in [-0.1, -0.05) is 12.8 Å². The predicted molar refractivity (Wildman–Crippen MR) is 86.8 cm³/mol. The molecule has 1 aromatic rings. The molecule has 1 saturated carbocycles. The number of rotatable bonds is 2. The average molecular weight is 322 g/mol. The van der Waals surface area contributed by atoms with Gasteiger partial charge >= 0.3 is 0 Å². The molecule has 0 bridgehead atoms. The van der Waals surface area contributed by atoms with Crippen molar-refractivity contribution in [1.29, 1.82) is 0 Å². The molecule has 120 valence electrons. The lowest BCUT2D eigenvalue weighted by atomic mass is 9.80. The van der Waals surface area contributed by atoms with E-state index in [1.165, 1.54) is 10.6 Å². The molecule has 6 heteroatoms. The van der Waals surface area contributed by atoms with Gasteiger partial charge in [-0.25, -0.2) is 8.42 Å². The second-order valence-electron chi connectivity index (χ2n) is 6.69. The number of carbonyl (C=O) groups is 1. The van der Waals surface area contributed by atoms with Crippen LogP contribution in [0.1, 0.15) is 41.6 Å². The first-order valence-electron chi connectivity index (χ1n) is 7.58. The van der Waals surface area contributed by atoms with Crippen LogP contribution in [0.5, 0.6) is 0 Å². The Labute approximate surface area is 132 Å². The highest BCUT2D eigenvalue weighted by molar-refractivity contribution is 7.92. The highest BCUT2D eigenvalue weighted by Gasteiger charge is 2.47. The van der Waals surface area contributed by atoms with Crippen LogP contribution in [-0.4, -0.2) is 46.1 Å². The summed E-state index contributed by atoms with van der Waals surface area (Å²) in [7, 11) is 0.161. The van der Waals surface area contributed by atoms with Crippen molar-refractivity contribution in [2.24, 2.45) is 0 Å². The van der Waals surface area contributed by atoms with Gasteiger partial charge in [-0.15, -0.1) is 0 Å². The first-order valence-corrected chi connectivity index (χ1v) is 9.43. The Balaban J connectivity index is 2.14. The molecule has 2 aliphatic rings. The molecule has 22 heavy (non-hydrogen) atoms. The van der Waals surface area contributed by atoms with Gasteiger partial charge in [-0.2, -0.15) is 0 Å². The minimum Gasteiger partial charge on any atom is -0.345 e. The van der Waals surface area contributed by atoms with Crippen molar-refractivity contribution in [3.63, 3.8) is 0 Å². The molecule has 3 rings (SSSR count). The molecule has 1 heterocycles. The Bertz CT molecular complexity index is 719. The topological polar surface area (TPSA) is 57.7 Å². The minimum absolute atomic E-state index is 0.0475. The summed E-state index contributed by atoms with van der Waals surface area (Å²) in [5, 5.41) is 0. The molecule has 1 aliphatic carbocycles. The van der Waals surface area contributed by atoms with Gasteiger partial charge in [0, 0.05) is 31.6 Å². The molecule has 0 radical (unpaired) electrons. The fourth-order valence-electron chi connectivity index (χ4n) is 3.79. The number of benzene rings is 1. The SMILES string of the molecule is CN(C)C(=O)c1ccc2c(c1)C1(CCCC1)CN2S(C)(=O)=O. The Kier molecular flexibility index (Phi) is 3.47. The summed E-state index contributed by atoms with van der Waals surface area (Å²) in [5.74, 6) is -0.0475. The maximum atomic E-state index is 12.2. The van der Waals surface area contributed by atoms with Crippen molar-refractivity contribution in [3.05, 3.63) is 29.3 Å². The number of anilines is 1. The molecule has 1 fully saturated rings. The minimum atomic E-state index is -3.29. The van der Waals surface area contributed by atoms with Crippen LogP contribution in [0.4, 0.5) is 5.69 Å². The summed E-state index contributed by atoms with van der Waals surface area (Å²) < 4.78 is 25.7. The fraction of sp³-hybridized carbons (Fsp3) is 0.562. The molecule has 0 saturated heterocycles. The molecule has 1 aliphatic heterocycles. The third-order valence-electron chi connectivity index (χ3n) is 4.90. The second kappa shape index (κ2) is 4.98. The highest BCUT2D eigenvalue weighted by atomic mass is 32.2. The van der Waals surface area contributed by atoms with E-state index in [0.29, 0.717) is 12.1 Å². The summed E-state index contributed by atoms with van der Waals surface area (Å²) in [6, 6.07) is 5.43. The molecule has 0 N–H and O–H groups in total. The summed E-state index contributed by atoms with van der Waals surface area (Å²) in [5.41, 5.74) is 2.30. The number of hydrogen-bond acceptors (Lipinski definition) is 3. The number of sulfonamides is 1. The van der Waals surface area contributed by atoms with E-state index in [-0.39, 0.29) is 11.3 Å². The van der Waals surface area contributed by atoms with E-state index in [0.717, 1.165) is 36.9 Å². The van der Waals surface area contributed by atoms with Gasteiger partial charge in [-0.05, 0) is 36.6 Å². The van der Waals surface area contributed by atoms with Crippen molar-refractivity contribution in [2.75, 3.05) is 31.2 Å². The van der Waals surface area contributed by atoms with Crippen LogP contribution < -0.4 is 4.31 Å². The van der Waals surface area contributed by atoms with Crippen LogP contribution in [0.3, 0.4) is 0 Å². The van der Waals surface area contributed by atoms with E-state index in [1.54, 1.807) is 31.1 Å². The lowest BCUT2D eigenvalue weighted by molar-refractivity contribution is 0.0827. The monoisotopic (exact) mass is 322 g/mol. The molecule has 1 aromatic carbocycles. The van der Waals surface area contributed by atoms with Gasteiger partial charge in [0.1, 0.15) is 0 Å². The first kappa shape index (κ1) is 15.3. The van der Waals surface area contributed by atoms with E-state index in [2.05, 4.69) is 0 Å². The van der Waals surface area contributed by atoms with Crippen LogP contribution in [0.25, 0.3) is 0 Å². The highest BCUT2D eigenvalue weighted by Crippen LogP contribution is 2.51. The van der Waals surface area contributed by atoms with Crippen LogP contribution in [0.15, 0.2) is 18.2 Å². The quantitative estimate of drug-likeness (QED) is 0.836. The third kappa shape index (κ3) is 2.29. The average Bonchev–Trinajstić information content (AvgIpc) is 3.04. The van der Waals surface area contributed by atoms with Gasteiger partial charge in [-0.3, -0.25) is 9.10 Å².